The number of imide groups is 1. The molecule has 1 saturated heterocycles. The summed E-state index contributed by atoms with van der Waals surface area (Å²) in [5, 5.41) is 8.16. The number of benzene rings is 2. The van der Waals surface area contributed by atoms with E-state index in [2.05, 4.69) is 20.9 Å². The van der Waals surface area contributed by atoms with Crippen LogP contribution in [0.15, 0.2) is 47.3 Å². The first-order chi connectivity index (χ1) is 15.3. The predicted molar refractivity (Wildman–Crippen MR) is 119 cm³/mol. The number of hydrogen-bond acceptors (Lipinski definition) is 5. The number of aryl methyl sites for hydroxylation is 2. The van der Waals surface area contributed by atoms with E-state index in [1.54, 1.807) is 31.2 Å². The lowest BCUT2D eigenvalue weighted by Gasteiger charge is -2.24. The maximum absolute atomic E-state index is 13.2. The highest BCUT2D eigenvalue weighted by molar-refractivity contribution is 5.99. The van der Waals surface area contributed by atoms with Gasteiger partial charge in [0.1, 0.15) is 11.9 Å². The number of piperidine rings is 1. The third kappa shape index (κ3) is 4.36. The Morgan fingerprint density at radius 3 is 2.72 bits per heavy atom. The molecule has 2 aromatic carbocycles. The van der Waals surface area contributed by atoms with E-state index in [9.17, 15) is 19.2 Å². The standard InChI is InChI=1S/C23H23N5O4/c1-13-4-3-5-16(10-13)26-23(32)24-12-15-6-7-18-17(11-15)22(31)28(14(2)25-18)19-8-9-20(29)27-21(19)30/h3-7,10-11,19H,8-9,12H2,1-2H3,(H2,24,26,32)(H,27,29,30). The maximum atomic E-state index is 13.2. The number of amides is 4. The maximum Gasteiger partial charge on any atom is 0.319 e. The van der Waals surface area contributed by atoms with Gasteiger partial charge >= 0.3 is 6.03 Å². The zero-order valence-corrected chi connectivity index (χ0v) is 17.8. The van der Waals surface area contributed by atoms with Gasteiger partial charge in [-0.15, -0.1) is 0 Å². The molecular weight excluding hydrogens is 410 g/mol. The van der Waals surface area contributed by atoms with E-state index < -0.39 is 11.9 Å². The average molecular weight is 433 g/mol. The van der Waals surface area contributed by atoms with E-state index in [0.717, 1.165) is 11.1 Å². The zero-order valence-electron chi connectivity index (χ0n) is 17.8. The number of fused-ring (bicyclic) bond motifs is 1. The lowest BCUT2D eigenvalue weighted by molar-refractivity contribution is -0.135. The second-order valence-electron chi connectivity index (χ2n) is 7.83. The summed E-state index contributed by atoms with van der Waals surface area (Å²) in [6.45, 7) is 3.81. The number of nitrogens with zero attached hydrogens (tertiary/aromatic N) is 2. The van der Waals surface area contributed by atoms with Crippen molar-refractivity contribution in [2.45, 2.75) is 39.3 Å². The number of anilines is 1. The second kappa shape index (κ2) is 8.62. The third-order valence-electron chi connectivity index (χ3n) is 5.39. The molecule has 9 nitrogen and oxygen atoms in total. The Kier molecular flexibility index (Phi) is 5.72. The highest BCUT2D eigenvalue weighted by atomic mass is 16.2. The molecule has 0 saturated carbocycles. The number of nitrogens with one attached hydrogen (secondary N) is 3. The molecule has 4 amide bonds. The number of carbonyl (C=O) groups excluding carboxylic acids is 3. The van der Waals surface area contributed by atoms with E-state index in [1.807, 2.05) is 25.1 Å². The van der Waals surface area contributed by atoms with Crippen LogP contribution in [0, 0.1) is 13.8 Å². The Hall–Kier alpha value is -4.01. The molecule has 1 aliphatic rings. The molecule has 3 N–H and O–H groups in total. The summed E-state index contributed by atoms with van der Waals surface area (Å²) in [7, 11) is 0. The number of aromatic nitrogens is 2. The third-order valence-corrected chi connectivity index (χ3v) is 5.39. The van der Waals surface area contributed by atoms with E-state index in [0.29, 0.717) is 22.4 Å². The molecule has 4 rings (SSSR count). The van der Waals surface area contributed by atoms with Gasteiger partial charge in [-0.1, -0.05) is 18.2 Å². The minimum absolute atomic E-state index is 0.167. The van der Waals surface area contributed by atoms with E-state index in [1.165, 1.54) is 4.57 Å². The molecule has 32 heavy (non-hydrogen) atoms. The van der Waals surface area contributed by atoms with Gasteiger partial charge in [-0.2, -0.15) is 0 Å². The highest BCUT2D eigenvalue weighted by Crippen LogP contribution is 2.20. The summed E-state index contributed by atoms with van der Waals surface area (Å²) in [5.74, 6) is -0.443. The monoisotopic (exact) mass is 433 g/mol. The van der Waals surface area contributed by atoms with Crippen LogP contribution in [0.2, 0.25) is 0 Å². The molecule has 9 heteroatoms. The SMILES string of the molecule is Cc1cccc(NC(=O)NCc2ccc3nc(C)n(C4CCC(=O)NC4=O)c(=O)c3c2)c1. The number of rotatable bonds is 4. The van der Waals surface area contributed by atoms with Crippen molar-refractivity contribution in [3.8, 4) is 0 Å². The second-order valence-corrected chi connectivity index (χ2v) is 7.83. The van der Waals surface area contributed by atoms with Crippen LogP contribution >= 0.6 is 0 Å². The fourth-order valence-corrected chi connectivity index (χ4v) is 3.84. The Morgan fingerprint density at radius 1 is 1.16 bits per heavy atom. The van der Waals surface area contributed by atoms with Crippen molar-refractivity contribution in [3.63, 3.8) is 0 Å². The molecule has 164 valence electrons. The van der Waals surface area contributed by atoms with Crippen LogP contribution in [0.1, 0.15) is 35.8 Å². The fraction of sp³-hybridized carbons (Fsp3) is 0.261. The summed E-state index contributed by atoms with van der Waals surface area (Å²) in [6, 6.07) is 11.5. The summed E-state index contributed by atoms with van der Waals surface area (Å²) in [6.07, 6.45) is 0.416. The van der Waals surface area contributed by atoms with Crippen LogP contribution in [0.3, 0.4) is 0 Å². The molecule has 0 spiro atoms. The van der Waals surface area contributed by atoms with Crippen LogP contribution in [0.4, 0.5) is 10.5 Å². The van der Waals surface area contributed by atoms with E-state index in [-0.39, 0.29) is 36.9 Å². The van der Waals surface area contributed by atoms with Crippen molar-refractivity contribution in [2.24, 2.45) is 0 Å². The quantitative estimate of drug-likeness (QED) is 0.545. The Labute approximate surface area is 183 Å². The van der Waals surface area contributed by atoms with Crippen molar-refractivity contribution < 1.29 is 14.4 Å². The van der Waals surface area contributed by atoms with Gasteiger partial charge in [-0.05, 0) is 55.7 Å². The Morgan fingerprint density at radius 2 is 1.97 bits per heavy atom. The summed E-state index contributed by atoms with van der Waals surface area (Å²) in [4.78, 5) is 53.6. The van der Waals surface area contributed by atoms with Crippen molar-refractivity contribution in [1.29, 1.82) is 0 Å². The van der Waals surface area contributed by atoms with Crippen molar-refractivity contribution in [2.75, 3.05) is 5.32 Å². The van der Waals surface area contributed by atoms with Gasteiger partial charge in [0.2, 0.25) is 11.8 Å². The van der Waals surface area contributed by atoms with Crippen molar-refractivity contribution >= 4 is 34.4 Å². The van der Waals surface area contributed by atoms with Gasteiger partial charge in [0.25, 0.3) is 5.56 Å². The average Bonchev–Trinajstić information content (AvgIpc) is 2.74. The van der Waals surface area contributed by atoms with Gasteiger partial charge in [0.15, 0.2) is 0 Å². The minimum Gasteiger partial charge on any atom is -0.334 e. The molecule has 1 aromatic heterocycles. The number of hydrogen-bond donors (Lipinski definition) is 3. The lowest BCUT2D eigenvalue weighted by atomic mass is 10.0. The van der Waals surface area contributed by atoms with Crippen LogP contribution in [0.25, 0.3) is 10.9 Å². The lowest BCUT2D eigenvalue weighted by Crippen LogP contribution is -2.45. The molecule has 0 bridgehead atoms. The first-order valence-electron chi connectivity index (χ1n) is 10.3. The molecule has 0 radical (unpaired) electrons. The Bertz CT molecular complexity index is 1300. The highest BCUT2D eigenvalue weighted by Gasteiger charge is 2.30. The molecule has 0 aliphatic carbocycles. The number of urea groups is 1. The molecule has 1 aliphatic heterocycles. The van der Waals surface area contributed by atoms with Crippen LogP contribution in [0.5, 0.6) is 0 Å². The Balaban J connectivity index is 1.55. The molecular formula is C23H23N5O4. The van der Waals surface area contributed by atoms with Gasteiger partial charge < -0.3 is 10.6 Å². The van der Waals surface area contributed by atoms with Crippen molar-refractivity contribution in [1.82, 2.24) is 20.2 Å². The largest absolute Gasteiger partial charge is 0.334 e. The van der Waals surface area contributed by atoms with Gasteiger partial charge in [-0.25, -0.2) is 9.78 Å². The molecule has 1 fully saturated rings. The zero-order chi connectivity index (χ0) is 22.8. The van der Waals surface area contributed by atoms with Crippen molar-refractivity contribution in [3.05, 3.63) is 69.8 Å². The first kappa shape index (κ1) is 21.2. The molecule has 1 unspecified atom stereocenters. The van der Waals surface area contributed by atoms with Gasteiger partial charge in [-0.3, -0.25) is 24.3 Å². The van der Waals surface area contributed by atoms with E-state index in [4.69, 9.17) is 0 Å². The predicted octanol–water partition coefficient (Wildman–Crippen LogP) is 2.31. The fourth-order valence-electron chi connectivity index (χ4n) is 3.84. The topological polar surface area (TPSA) is 122 Å². The van der Waals surface area contributed by atoms with Gasteiger partial charge in [0.05, 0.1) is 10.9 Å². The summed E-state index contributed by atoms with van der Waals surface area (Å²) in [5.41, 5.74) is 2.59. The van der Waals surface area contributed by atoms with Crippen LogP contribution in [-0.4, -0.2) is 27.4 Å². The summed E-state index contributed by atoms with van der Waals surface area (Å²) < 4.78 is 1.34. The van der Waals surface area contributed by atoms with Gasteiger partial charge in [0, 0.05) is 18.7 Å². The number of carbonyl (C=O) groups is 3. The molecule has 1 atom stereocenters. The minimum atomic E-state index is -0.779. The normalized spacial score (nSPS) is 16.0. The van der Waals surface area contributed by atoms with Crippen LogP contribution in [-0.2, 0) is 16.1 Å². The molecule has 2 heterocycles. The van der Waals surface area contributed by atoms with E-state index >= 15 is 0 Å². The molecule has 3 aromatic rings. The van der Waals surface area contributed by atoms with Crippen LogP contribution < -0.4 is 21.5 Å². The summed E-state index contributed by atoms with van der Waals surface area (Å²) >= 11 is 0. The smallest absolute Gasteiger partial charge is 0.319 e. The first-order valence-corrected chi connectivity index (χ1v) is 10.3.